The third-order valence-electron chi connectivity index (χ3n) is 4.28. The number of anilines is 2. The Hall–Kier alpha value is -3.17. The van der Waals surface area contributed by atoms with E-state index in [1.807, 2.05) is 0 Å². The molecule has 10 heteroatoms. The molecule has 0 aliphatic carbocycles. The minimum atomic E-state index is -3.82. The van der Waals surface area contributed by atoms with Crippen LogP contribution in [0.3, 0.4) is 0 Å². The first kappa shape index (κ1) is 23.5. The zero-order chi connectivity index (χ0) is 23.1. The number of benzene rings is 2. The fourth-order valence-corrected chi connectivity index (χ4v) is 3.98. The van der Waals surface area contributed by atoms with Gasteiger partial charge in [-0.25, -0.2) is 18.4 Å². The van der Waals surface area contributed by atoms with Crippen LogP contribution >= 0.6 is 11.6 Å². The van der Waals surface area contributed by atoms with Gasteiger partial charge < -0.3 is 10.1 Å². The van der Waals surface area contributed by atoms with E-state index in [9.17, 15) is 13.2 Å². The number of ether oxygens (including phenoxy) is 1. The van der Waals surface area contributed by atoms with Crippen molar-refractivity contribution in [3.8, 4) is 5.75 Å². The van der Waals surface area contributed by atoms with Crippen LogP contribution in [0.25, 0.3) is 0 Å². The molecule has 1 amide bonds. The van der Waals surface area contributed by atoms with E-state index >= 15 is 0 Å². The fraction of sp³-hybridized carbons (Fsp3) is 0.227. The van der Waals surface area contributed by atoms with Crippen LogP contribution in [-0.4, -0.2) is 30.9 Å². The van der Waals surface area contributed by atoms with Gasteiger partial charge in [0.2, 0.25) is 5.91 Å². The summed E-state index contributed by atoms with van der Waals surface area (Å²) < 4.78 is 33.2. The topological polar surface area (TPSA) is 110 Å². The summed E-state index contributed by atoms with van der Waals surface area (Å²) in [5.74, 6) is 1.17. The van der Waals surface area contributed by atoms with Crippen molar-refractivity contribution in [1.82, 2.24) is 9.97 Å². The minimum absolute atomic E-state index is 0.0563. The highest BCUT2D eigenvalue weighted by Gasteiger charge is 2.15. The van der Waals surface area contributed by atoms with Gasteiger partial charge in [-0.2, -0.15) is 0 Å². The number of hydrogen-bond acceptors (Lipinski definition) is 6. The molecule has 1 aromatic heterocycles. The van der Waals surface area contributed by atoms with Crippen LogP contribution in [0, 0.1) is 13.8 Å². The van der Waals surface area contributed by atoms with Gasteiger partial charge in [0.05, 0.1) is 11.5 Å². The smallest absolute Gasteiger partial charge is 0.263 e. The van der Waals surface area contributed by atoms with E-state index in [0.717, 1.165) is 0 Å². The molecule has 0 saturated carbocycles. The molecule has 0 aliphatic heterocycles. The SMILES string of the molecule is Cc1cc(NS(=O)(=O)c2ccc(NC(=O)CCCOc3ccc(Cl)cc3)cc2)nc(C)n1. The van der Waals surface area contributed by atoms with Crippen molar-refractivity contribution in [3.63, 3.8) is 0 Å². The third kappa shape index (κ3) is 6.93. The molecular formula is C22H23ClN4O4S. The molecule has 0 saturated heterocycles. The molecule has 0 bridgehead atoms. The van der Waals surface area contributed by atoms with Crippen LogP contribution in [-0.2, 0) is 14.8 Å². The lowest BCUT2D eigenvalue weighted by Crippen LogP contribution is -2.15. The Morgan fingerprint density at radius 1 is 1.03 bits per heavy atom. The summed E-state index contributed by atoms with van der Waals surface area (Å²) in [4.78, 5) is 20.4. The Labute approximate surface area is 192 Å². The van der Waals surface area contributed by atoms with E-state index < -0.39 is 10.0 Å². The van der Waals surface area contributed by atoms with Crippen molar-refractivity contribution in [1.29, 1.82) is 0 Å². The van der Waals surface area contributed by atoms with Crippen molar-refractivity contribution in [3.05, 3.63) is 71.1 Å². The molecule has 168 valence electrons. The summed E-state index contributed by atoms with van der Waals surface area (Å²) in [6.45, 7) is 3.83. The van der Waals surface area contributed by atoms with Gasteiger partial charge in [-0.15, -0.1) is 0 Å². The maximum atomic E-state index is 12.6. The summed E-state index contributed by atoms with van der Waals surface area (Å²) in [6.07, 6.45) is 0.796. The molecule has 3 aromatic rings. The molecule has 32 heavy (non-hydrogen) atoms. The lowest BCUT2D eigenvalue weighted by atomic mass is 10.2. The minimum Gasteiger partial charge on any atom is -0.494 e. The van der Waals surface area contributed by atoms with Crippen LogP contribution in [0.1, 0.15) is 24.4 Å². The number of aromatic nitrogens is 2. The van der Waals surface area contributed by atoms with Gasteiger partial charge in [-0.05, 0) is 68.8 Å². The van der Waals surface area contributed by atoms with Crippen LogP contribution < -0.4 is 14.8 Å². The Morgan fingerprint density at radius 2 is 1.72 bits per heavy atom. The third-order valence-corrected chi connectivity index (χ3v) is 5.91. The van der Waals surface area contributed by atoms with Gasteiger partial charge in [0.15, 0.2) is 0 Å². The molecule has 0 spiro atoms. The van der Waals surface area contributed by atoms with Crippen LogP contribution in [0.4, 0.5) is 11.5 Å². The first-order valence-corrected chi connectivity index (χ1v) is 11.7. The van der Waals surface area contributed by atoms with E-state index in [4.69, 9.17) is 16.3 Å². The van der Waals surface area contributed by atoms with Crippen LogP contribution in [0.5, 0.6) is 5.75 Å². The molecular weight excluding hydrogens is 452 g/mol. The van der Waals surface area contributed by atoms with Gasteiger partial charge in [0, 0.05) is 28.9 Å². The average molecular weight is 475 g/mol. The number of carbonyl (C=O) groups excluding carboxylic acids is 1. The number of hydrogen-bond donors (Lipinski definition) is 2. The molecule has 0 fully saturated rings. The summed E-state index contributed by atoms with van der Waals surface area (Å²) in [5.41, 5.74) is 1.16. The number of amides is 1. The lowest BCUT2D eigenvalue weighted by Gasteiger charge is -2.10. The highest BCUT2D eigenvalue weighted by atomic mass is 35.5. The lowest BCUT2D eigenvalue weighted by molar-refractivity contribution is -0.116. The maximum absolute atomic E-state index is 12.6. The van der Waals surface area contributed by atoms with Gasteiger partial charge in [-0.3, -0.25) is 9.52 Å². The zero-order valence-corrected chi connectivity index (χ0v) is 19.2. The first-order valence-electron chi connectivity index (χ1n) is 9.85. The van der Waals surface area contributed by atoms with E-state index in [1.165, 1.54) is 24.3 Å². The summed E-state index contributed by atoms with van der Waals surface area (Å²) in [5, 5.41) is 3.37. The van der Waals surface area contributed by atoms with Gasteiger partial charge in [0.25, 0.3) is 10.0 Å². The van der Waals surface area contributed by atoms with Crippen molar-refractivity contribution in [2.75, 3.05) is 16.6 Å². The molecule has 3 rings (SSSR count). The summed E-state index contributed by atoms with van der Waals surface area (Å²) in [7, 11) is -3.82. The van der Waals surface area contributed by atoms with Crippen molar-refractivity contribution in [2.24, 2.45) is 0 Å². The fourth-order valence-electron chi connectivity index (χ4n) is 2.86. The largest absolute Gasteiger partial charge is 0.494 e. The summed E-state index contributed by atoms with van der Waals surface area (Å²) >= 11 is 5.82. The zero-order valence-electron chi connectivity index (χ0n) is 17.6. The molecule has 0 atom stereocenters. The Bertz CT molecular complexity index is 1160. The van der Waals surface area contributed by atoms with E-state index in [2.05, 4.69) is 20.0 Å². The van der Waals surface area contributed by atoms with E-state index in [1.54, 1.807) is 44.2 Å². The summed E-state index contributed by atoms with van der Waals surface area (Å²) in [6, 6.07) is 14.5. The number of nitrogens with zero attached hydrogens (tertiary/aromatic N) is 2. The number of carbonyl (C=O) groups is 1. The van der Waals surface area contributed by atoms with Gasteiger partial charge in [0.1, 0.15) is 17.4 Å². The normalized spacial score (nSPS) is 11.1. The van der Waals surface area contributed by atoms with Crippen LogP contribution in [0.15, 0.2) is 59.5 Å². The highest BCUT2D eigenvalue weighted by Crippen LogP contribution is 2.19. The number of aryl methyl sites for hydroxylation is 2. The number of halogens is 1. The second kappa shape index (κ2) is 10.4. The second-order valence-electron chi connectivity index (χ2n) is 7.03. The molecule has 8 nitrogen and oxygen atoms in total. The first-order chi connectivity index (χ1) is 15.2. The molecule has 1 heterocycles. The van der Waals surface area contributed by atoms with Gasteiger partial charge >= 0.3 is 0 Å². The monoisotopic (exact) mass is 474 g/mol. The Balaban J connectivity index is 1.49. The van der Waals surface area contributed by atoms with E-state index in [0.29, 0.717) is 41.0 Å². The van der Waals surface area contributed by atoms with Crippen LogP contribution in [0.2, 0.25) is 5.02 Å². The van der Waals surface area contributed by atoms with E-state index in [-0.39, 0.29) is 23.0 Å². The quantitative estimate of drug-likeness (QED) is 0.446. The maximum Gasteiger partial charge on any atom is 0.263 e. The van der Waals surface area contributed by atoms with Crippen molar-refractivity contribution in [2.45, 2.75) is 31.6 Å². The van der Waals surface area contributed by atoms with Crippen molar-refractivity contribution >= 4 is 39.0 Å². The number of rotatable bonds is 9. The predicted molar refractivity (Wildman–Crippen MR) is 124 cm³/mol. The highest BCUT2D eigenvalue weighted by molar-refractivity contribution is 7.92. The predicted octanol–water partition coefficient (Wildman–Crippen LogP) is 4.35. The average Bonchev–Trinajstić information content (AvgIpc) is 2.72. The number of nitrogens with one attached hydrogen (secondary N) is 2. The molecule has 2 aromatic carbocycles. The molecule has 0 unspecified atom stereocenters. The Morgan fingerprint density at radius 3 is 2.38 bits per heavy atom. The Kier molecular flexibility index (Phi) is 7.66. The van der Waals surface area contributed by atoms with Crippen molar-refractivity contribution < 1.29 is 17.9 Å². The molecule has 0 aliphatic rings. The second-order valence-corrected chi connectivity index (χ2v) is 9.14. The standard InChI is InChI=1S/C22H23ClN4O4S/c1-15-14-21(25-16(2)24-15)27-32(29,30)20-11-7-18(8-12-20)26-22(28)4-3-13-31-19-9-5-17(23)6-10-19/h5-12,14H,3-4,13H2,1-2H3,(H,26,28)(H,24,25,27). The number of sulfonamides is 1. The molecule has 2 N–H and O–H groups in total. The van der Waals surface area contributed by atoms with Gasteiger partial charge in [-0.1, -0.05) is 11.6 Å². The molecule has 0 radical (unpaired) electrons.